The molecule has 1 aromatic carbocycles. The van der Waals surface area contributed by atoms with Gasteiger partial charge in [0.15, 0.2) is 11.5 Å². The summed E-state index contributed by atoms with van der Waals surface area (Å²) in [7, 11) is 0. The first kappa shape index (κ1) is 35.1. The van der Waals surface area contributed by atoms with E-state index >= 15 is 0 Å². The van der Waals surface area contributed by atoms with Gasteiger partial charge in [-0.15, -0.1) is 0 Å². The molecule has 0 aliphatic heterocycles. The molecule has 1 aliphatic carbocycles. The molecule has 4 atom stereocenters. The molecule has 10 heteroatoms. The summed E-state index contributed by atoms with van der Waals surface area (Å²) >= 11 is 0. The molecule has 1 saturated carbocycles. The van der Waals surface area contributed by atoms with E-state index in [0.717, 1.165) is 32.1 Å². The number of aliphatic carboxylic acids is 1. The third kappa shape index (κ3) is 10.6. The molecule has 2 N–H and O–H groups in total. The zero-order valence-electron chi connectivity index (χ0n) is 26.0. The third-order valence-electron chi connectivity index (χ3n) is 7.64. The van der Waals surface area contributed by atoms with Crippen LogP contribution in [0.1, 0.15) is 111 Å². The minimum atomic E-state index is -2.16. The number of nitrogens with one attached hydrogen (secondary N) is 1. The van der Waals surface area contributed by atoms with Crippen molar-refractivity contribution in [3.05, 3.63) is 23.8 Å². The first-order valence-electron chi connectivity index (χ1n) is 15.4. The van der Waals surface area contributed by atoms with Crippen molar-refractivity contribution in [2.45, 2.75) is 130 Å². The highest BCUT2D eigenvalue weighted by molar-refractivity contribution is 5.81. The van der Waals surface area contributed by atoms with E-state index in [-0.39, 0.29) is 36.0 Å². The maximum Gasteiger partial charge on any atom is 0.510 e. The molecule has 10 nitrogen and oxygen atoms in total. The van der Waals surface area contributed by atoms with Crippen molar-refractivity contribution in [3.8, 4) is 11.5 Å². The molecule has 0 amide bonds. The van der Waals surface area contributed by atoms with Crippen molar-refractivity contribution in [1.29, 1.82) is 0 Å². The van der Waals surface area contributed by atoms with Gasteiger partial charge in [-0.1, -0.05) is 59.9 Å². The molecule has 236 valence electrons. The zero-order chi connectivity index (χ0) is 31.3. The molecule has 1 fully saturated rings. The maximum atomic E-state index is 12.9. The smallest absolute Gasteiger partial charge is 0.477 e. The Balaban J connectivity index is 2.43. The van der Waals surface area contributed by atoms with Gasteiger partial charge in [-0.05, 0) is 69.6 Å². The number of rotatable bonds is 16. The summed E-state index contributed by atoms with van der Waals surface area (Å²) in [6, 6.07) is 4.16. The molecule has 2 rings (SSSR count). The minimum absolute atomic E-state index is 0.00916. The highest BCUT2D eigenvalue weighted by atomic mass is 16.7. The Kier molecular flexibility index (Phi) is 14.3. The van der Waals surface area contributed by atoms with Crippen molar-refractivity contribution in [1.82, 2.24) is 5.32 Å². The molecular formula is C32H49NO9. The van der Waals surface area contributed by atoms with Crippen LogP contribution in [-0.4, -0.2) is 47.0 Å². The van der Waals surface area contributed by atoms with Crippen molar-refractivity contribution in [2.75, 3.05) is 0 Å². The molecular weight excluding hydrogens is 542 g/mol. The number of ether oxygens (including phenoxy) is 4. The Hall–Kier alpha value is -3.14. The molecule has 1 aliphatic rings. The number of carboxylic acid groups (broad SMARTS) is 1. The van der Waals surface area contributed by atoms with Crippen molar-refractivity contribution in [2.24, 2.45) is 11.8 Å². The van der Waals surface area contributed by atoms with Crippen LogP contribution in [0.25, 0.3) is 0 Å². The van der Waals surface area contributed by atoms with Gasteiger partial charge in [-0.2, -0.15) is 0 Å². The van der Waals surface area contributed by atoms with Crippen molar-refractivity contribution >= 4 is 24.1 Å². The average molecular weight is 592 g/mol. The number of hydrogen-bond acceptors (Lipinski definition) is 9. The SMILES string of the molecule is CCCC(C)C(=O)Oc1ccc(C[C@](NC(C)CC)(OC(=O)OC2CCCCC2)C(=O)O)cc1OC(=O)C(C)CCC. The van der Waals surface area contributed by atoms with E-state index in [4.69, 9.17) is 18.9 Å². The molecule has 0 heterocycles. The predicted molar refractivity (Wildman–Crippen MR) is 157 cm³/mol. The van der Waals surface area contributed by atoms with Crippen LogP contribution in [0, 0.1) is 11.8 Å². The van der Waals surface area contributed by atoms with E-state index < -0.39 is 35.7 Å². The quantitative estimate of drug-likeness (QED) is 0.123. The van der Waals surface area contributed by atoms with E-state index in [2.05, 4.69) is 5.32 Å². The lowest BCUT2D eigenvalue weighted by molar-refractivity contribution is -0.168. The molecule has 42 heavy (non-hydrogen) atoms. The van der Waals surface area contributed by atoms with Crippen molar-refractivity contribution < 1.29 is 43.2 Å². The fraction of sp³-hybridized carbons (Fsp3) is 0.688. The lowest BCUT2D eigenvalue weighted by Crippen LogP contribution is -2.59. The minimum Gasteiger partial charge on any atom is -0.477 e. The summed E-state index contributed by atoms with van der Waals surface area (Å²) in [6.07, 6.45) is 6.05. The van der Waals surface area contributed by atoms with Gasteiger partial charge in [-0.3, -0.25) is 14.9 Å². The van der Waals surface area contributed by atoms with Crippen LogP contribution in [-0.2, 0) is 30.3 Å². The first-order chi connectivity index (χ1) is 19.9. The highest BCUT2D eigenvalue weighted by Crippen LogP contribution is 2.33. The second-order valence-corrected chi connectivity index (χ2v) is 11.5. The number of carbonyl (C=O) groups is 4. The Labute approximate surface area is 249 Å². The Morgan fingerprint density at radius 2 is 1.48 bits per heavy atom. The van der Waals surface area contributed by atoms with E-state index in [1.807, 2.05) is 20.8 Å². The summed E-state index contributed by atoms with van der Waals surface area (Å²) in [5, 5.41) is 13.3. The predicted octanol–water partition coefficient (Wildman–Crippen LogP) is 6.57. The monoisotopic (exact) mass is 591 g/mol. The number of esters is 2. The summed E-state index contributed by atoms with van der Waals surface area (Å²) in [5.41, 5.74) is -1.78. The van der Waals surface area contributed by atoms with Gasteiger partial charge < -0.3 is 24.1 Å². The fourth-order valence-corrected chi connectivity index (χ4v) is 4.92. The lowest BCUT2D eigenvalue weighted by atomic mass is 9.98. The Morgan fingerprint density at radius 3 is 2.00 bits per heavy atom. The van der Waals surface area contributed by atoms with Crippen LogP contribution in [0.3, 0.4) is 0 Å². The van der Waals surface area contributed by atoms with Crippen molar-refractivity contribution in [3.63, 3.8) is 0 Å². The van der Waals surface area contributed by atoms with Crippen LogP contribution >= 0.6 is 0 Å². The summed E-state index contributed by atoms with van der Waals surface area (Å²) in [5.74, 6) is -3.08. The van der Waals surface area contributed by atoms with Crippen LogP contribution in [0.5, 0.6) is 11.5 Å². The topological polar surface area (TPSA) is 137 Å². The van der Waals surface area contributed by atoms with Gasteiger partial charge in [-0.25, -0.2) is 9.59 Å². The van der Waals surface area contributed by atoms with Crippen LogP contribution in [0.15, 0.2) is 18.2 Å². The number of hydrogen-bond donors (Lipinski definition) is 2. The van der Waals surface area contributed by atoms with E-state index in [9.17, 15) is 24.3 Å². The summed E-state index contributed by atoms with van der Waals surface area (Å²) in [6.45, 7) is 11.1. The molecule has 1 aromatic rings. The van der Waals surface area contributed by atoms with Gasteiger partial charge in [0.1, 0.15) is 6.10 Å². The fourth-order valence-electron chi connectivity index (χ4n) is 4.92. The Morgan fingerprint density at radius 1 is 0.905 bits per heavy atom. The van der Waals surface area contributed by atoms with E-state index in [0.29, 0.717) is 37.7 Å². The Bertz CT molecular complexity index is 1050. The average Bonchev–Trinajstić information content (AvgIpc) is 2.94. The summed E-state index contributed by atoms with van der Waals surface area (Å²) < 4.78 is 22.3. The number of carboxylic acids is 1. The lowest BCUT2D eigenvalue weighted by Gasteiger charge is -2.33. The summed E-state index contributed by atoms with van der Waals surface area (Å²) in [4.78, 5) is 51.1. The van der Waals surface area contributed by atoms with Crippen LogP contribution in [0.4, 0.5) is 4.79 Å². The molecule has 0 aromatic heterocycles. The van der Waals surface area contributed by atoms with Gasteiger partial charge in [0.25, 0.3) is 5.72 Å². The largest absolute Gasteiger partial charge is 0.510 e. The molecule has 0 saturated heterocycles. The highest BCUT2D eigenvalue weighted by Gasteiger charge is 2.45. The van der Waals surface area contributed by atoms with Gasteiger partial charge in [0.05, 0.1) is 11.8 Å². The van der Waals surface area contributed by atoms with Crippen LogP contribution in [0.2, 0.25) is 0 Å². The number of carbonyl (C=O) groups excluding carboxylic acids is 3. The van der Waals surface area contributed by atoms with Crippen LogP contribution < -0.4 is 14.8 Å². The third-order valence-corrected chi connectivity index (χ3v) is 7.64. The maximum absolute atomic E-state index is 12.9. The second kappa shape index (κ2) is 17.1. The van der Waals surface area contributed by atoms with Gasteiger partial charge in [0.2, 0.25) is 0 Å². The van der Waals surface area contributed by atoms with E-state index in [1.54, 1.807) is 26.8 Å². The van der Waals surface area contributed by atoms with Gasteiger partial charge >= 0.3 is 24.1 Å². The standard InChI is InChI=1S/C32H49NO9/c1-7-13-21(4)28(34)40-26-18-17-24(19-27(26)41-29(35)22(5)14-8-2)20-32(30(36)37,33-23(6)9-3)42-31(38)39-25-15-11-10-12-16-25/h17-19,21-23,25,33H,7-16,20H2,1-6H3,(H,36,37)/t21?,22?,23?,32-/m0/s1. The zero-order valence-corrected chi connectivity index (χ0v) is 26.0. The number of benzene rings is 1. The van der Waals surface area contributed by atoms with E-state index in [1.165, 1.54) is 12.1 Å². The second-order valence-electron chi connectivity index (χ2n) is 11.5. The normalized spacial score (nSPS) is 17.3. The molecule has 0 spiro atoms. The first-order valence-corrected chi connectivity index (χ1v) is 15.4. The molecule has 3 unspecified atom stereocenters. The van der Waals surface area contributed by atoms with Gasteiger partial charge in [0, 0.05) is 12.5 Å². The molecule has 0 bridgehead atoms. The molecule has 0 radical (unpaired) electrons.